The average molecular weight is 347 g/mol. The number of hydrogen-bond donors (Lipinski definition) is 0. The minimum absolute atomic E-state index is 0.154. The van der Waals surface area contributed by atoms with E-state index >= 15 is 0 Å². The normalized spacial score (nSPS) is 15.0. The fourth-order valence-corrected chi connectivity index (χ4v) is 3.15. The molecule has 4 nitrogen and oxygen atoms in total. The first-order valence-corrected chi connectivity index (χ1v) is 9.12. The highest BCUT2D eigenvalue weighted by molar-refractivity contribution is 4.77. The lowest BCUT2D eigenvalue weighted by Gasteiger charge is -2.37. The Balaban J connectivity index is 4.69. The minimum Gasteiger partial charge on any atom is -0.228 e. The van der Waals surface area contributed by atoms with Crippen molar-refractivity contribution in [2.24, 2.45) is 10.8 Å². The quantitative estimate of drug-likeness (QED) is 0.273. The Morgan fingerprint density at radius 2 is 0.792 bits per heavy atom. The van der Waals surface area contributed by atoms with Gasteiger partial charge in [0.05, 0.1) is 11.2 Å². The summed E-state index contributed by atoms with van der Waals surface area (Å²) in [5, 5.41) is 0. The lowest BCUT2D eigenvalue weighted by molar-refractivity contribution is -0.540. The van der Waals surface area contributed by atoms with Crippen molar-refractivity contribution < 1.29 is 19.6 Å². The van der Waals surface area contributed by atoms with Crippen molar-refractivity contribution in [3.8, 4) is 0 Å². The fraction of sp³-hybridized carbons (Fsp3) is 1.00. The topological polar surface area (TPSA) is 36.9 Å². The van der Waals surface area contributed by atoms with Crippen molar-refractivity contribution in [1.82, 2.24) is 0 Å². The van der Waals surface area contributed by atoms with Crippen LogP contribution in [0.5, 0.6) is 0 Å². The molecule has 0 aromatic rings. The Morgan fingerprint density at radius 3 is 1.00 bits per heavy atom. The summed E-state index contributed by atoms with van der Waals surface area (Å²) in [6.07, 6.45) is 2.36. The molecule has 0 rings (SSSR count). The van der Waals surface area contributed by atoms with Crippen LogP contribution in [0.4, 0.5) is 0 Å². The molecule has 4 heteroatoms. The zero-order valence-corrected chi connectivity index (χ0v) is 18.3. The SMILES string of the molecule is CCC(C)(OOC(C)(C)CC(C)(C)C)OOC(C)(C)CC(C)(C)C. The maximum atomic E-state index is 5.72. The summed E-state index contributed by atoms with van der Waals surface area (Å²) in [5.74, 6) is -0.940. The smallest absolute Gasteiger partial charge is 0.228 e. The molecule has 0 amide bonds. The van der Waals surface area contributed by atoms with Crippen molar-refractivity contribution in [3.05, 3.63) is 0 Å². The first-order valence-electron chi connectivity index (χ1n) is 9.12. The van der Waals surface area contributed by atoms with E-state index in [-0.39, 0.29) is 10.8 Å². The van der Waals surface area contributed by atoms with Gasteiger partial charge >= 0.3 is 0 Å². The molecule has 0 aliphatic heterocycles. The Hall–Kier alpha value is -0.160. The van der Waals surface area contributed by atoms with E-state index < -0.39 is 17.0 Å². The summed E-state index contributed by atoms with van der Waals surface area (Å²) in [5.41, 5.74) is -0.499. The van der Waals surface area contributed by atoms with E-state index in [9.17, 15) is 0 Å². The second-order valence-corrected chi connectivity index (χ2v) is 10.8. The third-order valence-corrected chi connectivity index (χ3v) is 3.44. The van der Waals surface area contributed by atoms with Crippen LogP contribution in [-0.4, -0.2) is 17.0 Å². The monoisotopic (exact) mass is 346 g/mol. The summed E-state index contributed by atoms with van der Waals surface area (Å²) >= 11 is 0. The zero-order chi connectivity index (χ0) is 19.4. The summed E-state index contributed by atoms with van der Waals surface area (Å²) in [7, 11) is 0. The van der Waals surface area contributed by atoms with E-state index in [4.69, 9.17) is 19.6 Å². The third-order valence-electron chi connectivity index (χ3n) is 3.44. The van der Waals surface area contributed by atoms with Gasteiger partial charge in [0.1, 0.15) is 0 Å². The Morgan fingerprint density at radius 1 is 0.500 bits per heavy atom. The van der Waals surface area contributed by atoms with Crippen LogP contribution < -0.4 is 0 Å². The van der Waals surface area contributed by atoms with Gasteiger partial charge < -0.3 is 0 Å². The molecule has 0 unspecified atom stereocenters. The second kappa shape index (κ2) is 8.03. The van der Waals surface area contributed by atoms with Crippen LogP contribution in [0.15, 0.2) is 0 Å². The van der Waals surface area contributed by atoms with Gasteiger partial charge in [-0.2, -0.15) is 9.78 Å². The predicted molar refractivity (Wildman–Crippen MR) is 99.3 cm³/mol. The van der Waals surface area contributed by atoms with Gasteiger partial charge in [0.2, 0.25) is 5.79 Å². The van der Waals surface area contributed by atoms with Crippen molar-refractivity contribution in [2.45, 2.75) is 119 Å². The number of hydrogen-bond acceptors (Lipinski definition) is 4. The molecular formula is C20H42O4. The third kappa shape index (κ3) is 11.4. The standard InChI is InChI=1S/C20H42O4/c1-13-20(12,23-21-18(8,9)14-16(2,3)4)24-22-19(10,11)15-17(5,6)7/h13-15H2,1-12H3. The molecular weight excluding hydrogens is 304 g/mol. The average Bonchev–Trinajstić information content (AvgIpc) is 2.28. The van der Waals surface area contributed by atoms with Crippen LogP contribution in [0.1, 0.15) is 102 Å². The molecule has 0 aromatic carbocycles. The Labute approximate surface area is 150 Å². The molecule has 0 aromatic heterocycles. The Bertz CT molecular complexity index is 340. The van der Waals surface area contributed by atoms with Gasteiger partial charge in [-0.15, -0.1) is 0 Å². The summed E-state index contributed by atoms with van der Waals surface area (Å²) in [4.78, 5) is 22.8. The summed E-state index contributed by atoms with van der Waals surface area (Å²) in [6, 6.07) is 0. The lowest BCUT2D eigenvalue weighted by atomic mass is 9.84. The molecule has 0 fully saturated rings. The van der Waals surface area contributed by atoms with E-state index in [0.29, 0.717) is 6.42 Å². The second-order valence-electron chi connectivity index (χ2n) is 10.8. The Kier molecular flexibility index (Phi) is 7.97. The van der Waals surface area contributed by atoms with Gasteiger partial charge in [0.25, 0.3) is 0 Å². The zero-order valence-electron chi connectivity index (χ0n) is 18.3. The van der Waals surface area contributed by atoms with Crippen LogP contribution in [0.25, 0.3) is 0 Å². The van der Waals surface area contributed by atoms with Crippen LogP contribution in [-0.2, 0) is 19.6 Å². The van der Waals surface area contributed by atoms with Gasteiger partial charge in [-0.25, -0.2) is 9.78 Å². The van der Waals surface area contributed by atoms with E-state index in [2.05, 4.69) is 41.5 Å². The molecule has 0 saturated carbocycles. The first-order chi connectivity index (χ1) is 10.4. The van der Waals surface area contributed by atoms with Crippen LogP contribution in [0, 0.1) is 10.8 Å². The molecule has 24 heavy (non-hydrogen) atoms. The summed E-state index contributed by atoms with van der Waals surface area (Å²) < 4.78 is 0. The van der Waals surface area contributed by atoms with E-state index in [1.54, 1.807) is 0 Å². The van der Waals surface area contributed by atoms with Crippen LogP contribution in [0.3, 0.4) is 0 Å². The largest absolute Gasteiger partial charge is 0.231 e. The van der Waals surface area contributed by atoms with Gasteiger partial charge in [0.15, 0.2) is 0 Å². The molecule has 0 spiro atoms. The van der Waals surface area contributed by atoms with Crippen molar-refractivity contribution >= 4 is 0 Å². The van der Waals surface area contributed by atoms with Gasteiger partial charge in [-0.1, -0.05) is 48.5 Å². The molecule has 0 bridgehead atoms. The summed E-state index contributed by atoms with van der Waals surface area (Å²) in [6.45, 7) is 25.1. The highest BCUT2D eigenvalue weighted by Gasteiger charge is 2.36. The van der Waals surface area contributed by atoms with E-state index in [1.165, 1.54) is 0 Å². The maximum Gasteiger partial charge on any atom is 0.231 e. The first kappa shape index (κ1) is 23.8. The van der Waals surface area contributed by atoms with Crippen molar-refractivity contribution in [3.63, 3.8) is 0 Å². The van der Waals surface area contributed by atoms with E-state index in [1.807, 2.05) is 41.5 Å². The molecule has 0 aliphatic carbocycles. The highest BCUT2D eigenvalue weighted by Crippen LogP contribution is 2.34. The maximum absolute atomic E-state index is 5.72. The van der Waals surface area contributed by atoms with Gasteiger partial charge in [0, 0.05) is 6.42 Å². The van der Waals surface area contributed by atoms with E-state index in [0.717, 1.165) is 12.8 Å². The molecule has 0 atom stereocenters. The molecule has 0 radical (unpaired) electrons. The van der Waals surface area contributed by atoms with Gasteiger partial charge in [-0.05, 0) is 58.3 Å². The molecule has 0 heterocycles. The van der Waals surface area contributed by atoms with Crippen molar-refractivity contribution in [1.29, 1.82) is 0 Å². The minimum atomic E-state index is -0.940. The van der Waals surface area contributed by atoms with Crippen LogP contribution >= 0.6 is 0 Å². The molecule has 0 aliphatic rings. The molecule has 0 N–H and O–H groups in total. The number of rotatable bonds is 9. The fourth-order valence-electron chi connectivity index (χ4n) is 3.15. The molecule has 146 valence electrons. The predicted octanol–water partition coefficient (Wildman–Crippen LogP) is 6.44. The van der Waals surface area contributed by atoms with Crippen molar-refractivity contribution in [2.75, 3.05) is 0 Å². The lowest BCUT2D eigenvalue weighted by Crippen LogP contribution is -2.41. The molecule has 0 saturated heterocycles. The van der Waals surface area contributed by atoms with Crippen LogP contribution in [0.2, 0.25) is 0 Å². The van der Waals surface area contributed by atoms with Gasteiger partial charge in [-0.3, -0.25) is 0 Å². The highest BCUT2D eigenvalue weighted by atomic mass is 17.3.